The lowest BCUT2D eigenvalue weighted by molar-refractivity contribution is -0.386. The van der Waals surface area contributed by atoms with Crippen molar-refractivity contribution in [1.29, 1.82) is 0 Å². The average molecular weight is 850 g/mol. The van der Waals surface area contributed by atoms with Crippen LogP contribution in [-0.2, 0) is 25.9 Å². The van der Waals surface area contributed by atoms with Gasteiger partial charge in [0.25, 0.3) is 5.43 Å². The van der Waals surface area contributed by atoms with Crippen molar-refractivity contribution in [1.82, 2.24) is 19.9 Å². The van der Waals surface area contributed by atoms with Crippen LogP contribution in [0.4, 0.5) is 5.69 Å². The molecule has 0 radical (unpaired) electrons. The molecule has 13 nitrogen and oxygen atoms in total. The number of rotatable bonds is 21. The third-order valence-electron chi connectivity index (χ3n) is 11.1. The number of carboxylic acid groups (broad SMARTS) is 1. The number of hydrogen-bond acceptors (Lipinski definition) is 8. The maximum atomic E-state index is 12.3. The van der Waals surface area contributed by atoms with E-state index in [-0.39, 0.29) is 23.3 Å². The molecule has 13 heteroatoms. The van der Waals surface area contributed by atoms with E-state index in [1.807, 2.05) is 24.3 Å². The summed E-state index contributed by atoms with van der Waals surface area (Å²) in [7, 11) is 0. The minimum Gasteiger partial charge on any atom is -0.477 e. The number of unbranched alkanes of at least 4 members (excludes halogenated alkanes) is 12. The Kier molecular flexibility index (Phi) is 20.2. The van der Waals surface area contributed by atoms with Gasteiger partial charge in [0.05, 0.1) is 33.5 Å². The number of aromatic amines is 3. The zero-order valence-electron chi connectivity index (χ0n) is 36.5. The lowest BCUT2D eigenvalue weighted by Crippen LogP contribution is -2.20. The van der Waals surface area contributed by atoms with Gasteiger partial charge in [-0.3, -0.25) is 29.5 Å². The summed E-state index contributed by atoms with van der Waals surface area (Å²) in [6.07, 6.45) is 21.7. The van der Waals surface area contributed by atoms with Crippen LogP contribution >= 0.6 is 0 Å². The predicted molar refractivity (Wildman–Crippen MR) is 248 cm³/mol. The van der Waals surface area contributed by atoms with E-state index in [1.54, 1.807) is 36.5 Å². The number of fused-ring (bicyclic) bond motifs is 3. The summed E-state index contributed by atoms with van der Waals surface area (Å²) < 4.78 is 0. The highest BCUT2D eigenvalue weighted by Crippen LogP contribution is 2.20. The molecule has 0 unspecified atom stereocenters. The van der Waals surface area contributed by atoms with E-state index < -0.39 is 21.8 Å². The third-order valence-corrected chi connectivity index (χ3v) is 11.1. The van der Waals surface area contributed by atoms with Crippen LogP contribution in [0, 0.1) is 10.1 Å². The van der Waals surface area contributed by atoms with Crippen molar-refractivity contribution >= 4 is 44.4 Å². The van der Waals surface area contributed by atoms with Gasteiger partial charge in [0.15, 0.2) is 5.43 Å². The van der Waals surface area contributed by atoms with Gasteiger partial charge in [-0.15, -0.1) is 0 Å². The number of aliphatic hydroxyl groups is 1. The summed E-state index contributed by atoms with van der Waals surface area (Å²) in [6, 6.07) is 16.1. The Morgan fingerprint density at radius 2 is 1.05 bits per heavy atom. The minimum absolute atomic E-state index is 0.0367. The number of carbonyl (C=O) groups is 1. The first kappa shape index (κ1) is 48.7. The Hall–Kier alpha value is -5.95. The second-order valence-electron chi connectivity index (χ2n) is 15.7. The van der Waals surface area contributed by atoms with Crippen molar-refractivity contribution in [2.45, 2.75) is 143 Å². The van der Waals surface area contributed by atoms with Crippen molar-refractivity contribution in [3.05, 3.63) is 136 Å². The van der Waals surface area contributed by atoms with Gasteiger partial charge in [0.1, 0.15) is 5.56 Å². The maximum Gasteiger partial charge on any atom is 0.341 e. The number of nitrogens with zero attached hydrogens (tertiary/aromatic N) is 2. The SMILES string of the molecule is CCCCCCCc1[nH]c2ccccc2c(=O)c1CO.CCCCCCCc1[nH]c2ccccc2c(=O)c1[N+](=O)[O-].CCCCCCCc1[nH]c2ccncc2c(=O)c1C(=O)O. The predicted octanol–water partition coefficient (Wildman–Crippen LogP) is 10.6. The second-order valence-corrected chi connectivity index (χ2v) is 15.7. The molecule has 0 fully saturated rings. The fourth-order valence-electron chi connectivity index (χ4n) is 7.67. The number of nitro groups is 1. The lowest BCUT2D eigenvalue weighted by atomic mass is 10.0. The highest BCUT2D eigenvalue weighted by atomic mass is 16.6. The zero-order valence-corrected chi connectivity index (χ0v) is 36.5. The van der Waals surface area contributed by atoms with Crippen LogP contribution in [0.25, 0.3) is 32.7 Å². The monoisotopic (exact) mass is 849 g/mol. The molecule has 0 aliphatic rings. The summed E-state index contributed by atoms with van der Waals surface area (Å²) in [5.74, 6) is -1.18. The van der Waals surface area contributed by atoms with Crippen molar-refractivity contribution in [3.63, 3.8) is 0 Å². The number of benzene rings is 2. The second kappa shape index (κ2) is 25.7. The number of para-hydroxylation sites is 2. The van der Waals surface area contributed by atoms with E-state index in [9.17, 15) is 39.5 Å². The molecule has 332 valence electrons. The highest BCUT2D eigenvalue weighted by Gasteiger charge is 2.22. The lowest BCUT2D eigenvalue weighted by Gasteiger charge is -2.09. The van der Waals surface area contributed by atoms with Crippen molar-refractivity contribution in [2.24, 2.45) is 0 Å². The fraction of sp³-hybridized carbons (Fsp3) is 0.449. The first-order chi connectivity index (χ1) is 30.1. The number of H-pyrrole nitrogens is 3. The van der Waals surface area contributed by atoms with Crippen LogP contribution in [0.3, 0.4) is 0 Å². The Bertz CT molecular complexity index is 2440. The Morgan fingerprint density at radius 3 is 1.56 bits per heavy atom. The van der Waals surface area contributed by atoms with Gasteiger partial charge < -0.3 is 25.2 Å². The van der Waals surface area contributed by atoms with Crippen LogP contribution in [0.15, 0.2) is 81.4 Å². The summed E-state index contributed by atoms with van der Waals surface area (Å²) in [5.41, 5.74) is 3.12. The van der Waals surface area contributed by atoms with E-state index in [0.717, 1.165) is 69.0 Å². The van der Waals surface area contributed by atoms with Crippen LogP contribution in [0.1, 0.15) is 150 Å². The smallest absolute Gasteiger partial charge is 0.341 e. The van der Waals surface area contributed by atoms with E-state index >= 15 is 0 Å². The van der Waals surface area contributed by atoms with E-state index in [4.69, 9.17) is 0 Å². The molecule has 0 spiro atoms. The van der Waals surface area contributed by atoms with Gasteiger partial charge >= 0.3 is 11.7 Å². The zero-order chi connectivity index (χ0) is 44.9. The summed E-state index contributed by atoms with van der Waals surface area (Å²) in [5, 5.41) is 31.3. The molecule has 0 bridgehead atoms. The van der Waals surface area contributed by atoms with E-state index in [0.29, 0.717) is 57.0 Å². The van der Waals surface area contributed by atoms with Crippen molar-refractivity contribution in [2.75, 3.05) is 0 Å². The van der Waals surface area contributed by atoms with Crippen molar-refractivity contribution in [3.8, 4) is 0 Å². The highest BCUT2D eigenvalue weighted by molar-refractivity contribution is 5.93. The molecule has 0 saturated heterocycles. The molecule has 6 rings (SSSR count). The van der Waals surface area contributed by atoms with Crippen molar-refractivity contribution < 1.29 is 19.9 Å². The van der Waals surface area contributed by atoms with E-state index in [2.05, 4.69) is 40.7 Å². The molecule has 0 aliphatic heterocycles. The Labute approximate surface area is 362 Å². The summed E-state index contributed by atoms with van der Waals surface area (Å²) in [4.78, 5) is 72.3. The quantitative estimate of drug-likeness (QED) is 0.0264. The Morgan fingerprint density at radius 1 is 0.597 bits per heavy atom. The van der Waals surface area contributed by atoms with Gasteiger partial charge in [-0.05, 0) is 68.9 Å². The van der Waals surface area contributed by atoms with Gasteiger partial charge in [0, 0.05) is 45.8 Å². The largest absolute Gasteiger partial charge is 0.477 e. The number of hydrogen-bond donors (Lipinski definition) is 5. The Balaban J connectivity index is 0.000000205. The topological polar surface area (TPSA) is 212 Å². The molecule has 0 saturated carbocycles. The number of nitrogens with one attached hydrogen (secondary N) is 3. The number of aliphatic hydroxyl groups excluding tert-OH is 1. The number of carboxylic acids is 1. The van der Waals surface area contributed by atoms with Crippen LogP contribution in [-0.4, -0.2) is 41.0 Å². The molecule has 4 heterocycles. The molecule has 62 heavy (non-hydrogen) atoms. The minimum atomic E-state index is -1.18. The molecule has 0 atom stereocenters. The standard InChI is InChI=1S/C17H23NO2.2C16H20N2O3/c1-2-3-4-5-6-10-16-14(12-19)17(20)13-9-7-8-11-15(13)18-16;1-2-3-4-5-6-11-14-15(18(20)21)16(19)12-9-7-8-10-13(12)17-14;1-2-3-4-5-6-7-13-14(16(20)21)15(19)11-10-17-9-8-12(11)18-13/h7-9,11,19H,2-6,10,12H2,1H3,(H,18,20);7-10H,2-6,11H2,1H3,(H,17,19);8-10H,2-7H2,1H3,(H,18,19)(H,20,21). The van der Waals surface area contributed by atoms with Gasteiger partial charge in [-0.25, -0.2) is 4.79 Å². The first-order valence-electron chi connectivity index (χ1n) is 22.3. The number of aromatic nitrogens is 4. The maximum absolute atomic E-state index is 12.3. The first-order valence-corrected chi connectivity index (χ1v) is 22.3. The molecule has 4 aromatic heterocycles. The van der Waals surface area contributed by atoms with Gasteiger partial charge in [0.2, 0.25) is 5.43 Å². The average Bonchev–Trinajstić information content (AvgIpc) is 3.26. The molecular formula is C49H63N5O8. The number of aryl methyl sites for hydroxylation is 3. The van der Waals surface area contributed by atoms with Gasteiger partial charge in [-0.2, -0.15) is 0 Å². The number of aromatic carboxylic acids is 1. The molecule has 6 aromatic rings. The van der Waals surface area contributed by atoms with E-state index in [1.165, 1.54) is 51.1 Å². The summed E-state index contributed by atoms with van der Waals surface area (Å²) >= 11 is 0. The number of pyridine rings is 4. The fourth-order valence-corrected chi connectivity index (χ4v) is 7.67. The molecule has 0 aliphatic carbocycles. The third kappa shape index (κ3) is 13.5. The molecule has 5 N–H and O–H groups in total. The van der Waals surface area contributed by atoms with Gasteiger partial charge in [-0.1, -0.05) is 122 Å². The molecule has 0 amide bonds. The summed E-state index contributed by atoms with van der Waals surface area (Å²) in [6.45, 7) is 6.30. The molecular weight excluding hydrogens is 787 g/mol. The normalized spacial score (nSPS) is 11.0. The van der Waals surface area contributed by atoms with Crippen LogP contribution in [0.5, 0.6) is 0 Å². The molecule has 2 aromatic carbocycles. The van der Waals surface area contributed by atoms with Crippen LogP contribution in [0.2, 0.25) is 0 Å². The van der Waals surface area contributed by atoms with Crippen LogP contribution < -0.4 is 16.3 Å².